The smallest absolute Gasteiger partial charge is 0.270 e. The minimum Gasteiger partial charge on any atom is -0.299 e. The van der Waals surface area contributed by atoms with Crippen LogP contribution in [0.15, 0.2) is 33.5 Å². The zero-order valence-corrected chi connectivity index (χ0v) is 14.6. The van der Waals surface area contributed by atoms with E-state index in [1.807, 2.05) is 31.2 Å². The quantitative estimate of drug-likeness (QED) is 0.881. The maximum Gasteiger partial charge on any atom is 0.270 e. The minimum absolute atomic E-state index is 0.0462. The second-order valence-corrected chi connectivity index (χ2v) is 8.90. The molecule has 0 unspecified atom stereocenters. The van der Waals surface area contributed by atoms with Crippen LogP contribution in [0.4, 0.5) is 0 Å². The Hall–Kier alpha value is -1.34. The lowest BCUT2D eigenvalue weighted by Crippen LogP contribution is -2.25. The maximum atomic E-state index is 12.6. The topological polar surface area (TPSA) is 71.9 Å². The predicted octanol–water partition coefficient (Wildman–Crippen LogP) is 2.20. The lowest BCUT2D eigenvalue weighted by Gasteiger charge is -2.07. The molecule has 2 heterocycles. The first kappa shape index (κ1) is 15.6. The summed E-state index contributed by atoms with van der Waals surface area (Å²) in [6.07, 6.45) is 1.04. The van der Waals surface area contributed by atoms with Gasteiger partial charge in [0.1, 0.15) is 0 Å². The van der Waals surface area contributed by atoms with E-state index in [1.165, 1.54) is 4.68 Å². The summed E-state index contributed by atoms with van der Waals surface area (Å²) in [5.41, 5.74) is 2.44. The fourth-order valence-corrected chi connectivity index (χ4v) is 4.82. The molecular weight excluding hydrogens is 368 g/mol. The van der Waals surface area contributed by atoms with Crippen molar-refractivity contribution in [1.29, 1.82) is 0 Å². The number of aromatic amines is 1. The standard InChI is InChI=1S/C15H17BrN2O3S/c1-10-14(8-11-2-4-12(16)5-3-11)15(19)18(17-10)13-6-7-22(20,21)9-13/h2-5,13,17H,6-9H2,1H3/t13-/m0/s1. The van der Waals surface area contributed by atoms with Gasteiger partial charge in [-0.2, -0.15) is 0 Å². The van der Waals surface area contributed by atoms with Crippen LogP contribution in [0.3, 0.4) is 0 Å². The molecule has 0 spiro atoms. The zero-order chi connectivity index (χ0) is 15.9. The van der Waals surface area contributed by atoms with Crippen LogP contribution in [0.25, 0.3) is 0 Å². The third-order valence-corrected chi connectivity index (χ3v) is 6.36. The second-order valence-electron chi connectivity index (χ2n) is 5.75. The third kappa shape index (κ3) is 3.05. The Bertz CT molecular complexity index is 850. The number of nitrogens with one attached hydrogen (secondary N) is 1. The van der Waals surface area contributed by atoms with E-state index in [1.54, 1.807) is 0 Å². The monoisotopic (exact) mass is 384 g/mol. The van der Waals surface area contributed by atoms with Crippen molar-refractivity contribution in [3.8, 4) is 0 Å². The summed E-state index contributed by atoms with van der Waals surface area (Å²) in [6, 6.07) is 7.56. The lowest BCUT2D eigenvalue weighted by molar-refractivity contribution is 0.483. The largest absolute Gasteiger partial charge is 0.299 e. The second kappa shape index (κ2) is 5.70. The van der Waals surface area contributed by atoms with E-state index in [4.69, 9.17) is 0 Å². The van der Waals surface area contributed by atoms with Crippen molar-refractivity contribution in [2.75, 3.05) is 11.5 Å². The van der Waals surface area contributed by atoms with Crippen LogP contribution in [-0.4, -0.2) is 29.7 Å². The highest BCUT2D eigenvalue weighted by Crippen LogP contribution is 2.22. The Kier molecular flexibility index (Phi) is 4.03. The van der Waals surface area contributed by atoms with Crippen LogP contribution in [0.2, 0.25) is 0 Å². The van der Waals surface area contributed by atoms with Gasteiger partial charge >= 0.3 is 0 Å². The van der Waals surface area contributed by atoms with Gasteiger partial charge in [-0.25, -0.2) is 13.1 Å². The Morgan fingerprint density at radius 1 is 1.32 bits per heavy atom. The van der Waals surface area contributed by atoms with Gasteiger partial charge in [-0.1, -0.05) is 28.1 Å². The van der Waals surface area contributed by atoms with Crippen molar-refractivity contribution in [3.05, 3.63) is 55.9 Å². The summed E-state index contributed by atoms with van der Waals surface area (Å²) in [6.45, 7) is 1.86. The molecule has 0 radical (unpaired) electrons. The molecule has 1 atom stereocenters. The van der Waals surface area contributed by atoms with Crippen LogP contribution in [-0.2, 0) is 16.3 Å². The van der Waals surface area contributed by atoms with Crippen LogP contribution >= 0.6 is 15.9 Å². The van der Waals surface area contributed by atoms with Crippen molar-refractivity contribution < 1.29 is 8.42 Å². The molecule has 2 aromatic rings. The summed E-state index contributed by atoms with van der Waals surface area (Å²) in [7, 11) is -3.01. The molecule has 3 rings (SSSR count). The van der Waals surface area contributed by atoms with Gasteiger partial charge in [-0.05, 0) is 31.0 Å². The van der Waals surface area contributed by atoms with Crippen molar-refractivity contribution in [2.45, 2.75) is 25.8 Å². The lowest BCUT2D eigenvalue weighted by atomic mass is 10.1. The molecule has 1 aromatic carbocycles. The first-order valence-corrected chi connectivity index (χ1v) is 9.72. The Balaban J connectivity index is 1.91. The minimum atomic E-state index is -3.01. The van der Waals surface area contributed by atoms with E-state index in [0.29, 0.717) is 18.4 Å². The number of sulfone groups is 1. The van der Waals surface area contributed by atoms with Gasteiger partial charge in [-0.15, -0.1) is 0 Å². The molecule has 0 bridgehead atoms. The number of aryl methyl sites for hydroxylation is 1. The maximum absolute atomic E-state index is 12.6. The van der Waals surface area contributed by atoms with Crippen molar-refractivity contribution >= 4 is 25.8 Å². The first-order chi connectivity index (χ1) is 10.4. The van der Waals surface area contributed by atoms with E-state index >= 15 is 0 Å². The number of aromatic nitrogens is 2. The molecule has 1 aliphatic heterocycles. The molecule has 0 aliphatic carbocycles. The van der Waals surface area contributed by atoms with Crippen LogP contribution in [0.1, 0.15) is 29.3 Å². The van der Waals surface area contributed by atoms with E-state index in [-0.39, 0.29) is 23.1 Å². The van der Waals surface area contributed by atoms with Crippen LogP contribution in [0.5, 0.6) is 0 Å². The number of benzene rings is 1. The van der Waals surface area contributed by atoms with Gasteiger partial charge in [0.05, 0.1) is 17.5 Å². The number of nitrogens with zero attached hydrogens (tertiary/aromatic N) is 1. The molecule has 1 N–H and O–H groups in total. The first-order valence-electron chi connectivity index (χ1n) is 7.10. The van der Waals surface area contributed by atoms with Gasteiger partial charge in [-0.3, -0.25) is 9.89 Å². The Morgan fingerprint density at radius 3 is 2.59 bits per heavy atom. The summed E-state index contributed by atoms with van der Waals surface area (Å²) in [4.78, 5) is 12.6. The molecule has 5 nitrogen and oxygen atoms in total. The average molecular weight is 385 g/mol. The normalized spacial score (nSPS) is 20.4. The molecule has 0 saturated carbocycles. The van der Waals surface area contributed by atoms with E-state index in [0.717, 1.165) is 15.7 Å². The fraction of sp³-hybridized carbons (Fsp3) is 0.400. The fourth-order valence-electron chi connectivity index (χ4n) is 2.86. The number of halogens is 1. The zero-order valence-electron chi connectivity index (χ0n) is 12.2. The average Bonchev–Trinajstić information content (AvgIpc) is 2.95. The molecule has 0 amide bonds. The molecule has 22 heavy (non-hydrogen) atoms. The highest BCUT2D eigenvalue weighted by atomic mass is 79.9. The molecular formula is C15H17BrN2O3S. The molecule has 118 valence electrons. The summed E-state index contributed by atoms with van der Waals surface area (Å²) in [5.74, 6) is 0.203. The van der Waals surface area contributed by atoms with Crippen molar-refractivity contribution in [1.82, 2.24) is 9.78 Å². The van der Waals surface area contributed by atoms with Gasteiger partial charge in [0, 0.05) is 22.2 Å². The van der Waals surface area contributed by atoms with Crippen molar-refractivity contribution in [2.24, 2.45) is 0 Å². The Morgan fingerprint density at radius 2 is 2.00 bits per heavy atom. The van der Waals surface area contributed by atoms with Gasteiger partial charge in [0.2, 0.25) is 0 Å². The molecule has 7 heteroatoms. The van der Waals surface area contributed by atoms with E-state index in [9.17, 15) is 13.2 Å². The summed E-state index contributed by atoms with van der Waals surface area (Å²) >= 11 is 3.39. The van der Waals surface area contributed by atoms with Crippen LogP contribution < -0.4 is 5.56 Å². The highest BCUT2D eigenvalue weighted by Gasteiger charge is 2.31. The predicted molar refractivity (Wildman–Crippen MR) is 89.0 cm³/mol. The molecule has 1 aliphatic rings. The number of H-pyrrole nitrogens is 1. The SMILES string of the molecule is Cc1[nH]n([C@H]2CCS(=O)(=O)C2)c(=O)c1Cc1ccc(Br)cc1. The van der Waals surface area contributed by atoms with E-state index < -0.39 is 9.84 Å². The van der Waals surface area contributed by atoms with Crippen LogP contribution in [0, 0.1) is 6.92 Å². The highest BCUT2D eigenvalue weighted by molar-refractivity contribution is 9.10. The number of hydrogen-bond acceptors (Lipinski definition) is 3. The Labute approximate surface area is 137 Å². The van der Waals surface area contributed by atoms with Gasteiger partial charge in [0.15, 0.2) is 9.84 Å². The number of rotatable bonds is 3. The molecule has 1 fully saturated rings. The molecule has 1 aromatic heterocycles. The number of hydrogen-bond donors (Lipinski definition) is 1. The van der Waals surface area contributed by atoms with E-state index in [2.05, 4.69) is 21.0 Å². The van der Waals surface area contributed by atoms with Gasteiger partial charge < -0.3 is 0 Å². The molecule has 1 saturated heterocycles. The van der Waals surface area contributed by atoms with Crippen molar-refractivity contribution in [3.63, 3.8) is 0 Å². The third-order valence-electron chi connectivity index (χ3n) is 4.09. The van der Waals surface area contributed by atoms with Gasteiger partial charge in [0.25, 0.3) is 5.56 Å². The summed E-state index contributed by atoms with van der Waals surface area (Å²) in [5, 5.41) is 3.05. The summed E-state index contributed by atoms with van der Waals surface area (Å²) < 4.78 is 25.7.